The second kappa shape index (κ2) is 5.14. The van der Waals surface area contributed by atoms with Gasteiger partial charge < -0.3 is 10.6 Å². The molecule has 0 amide bonds. The van der Waals surface area contributed by atoms with E-state index in [4.69, 9.17) is 5.73 Å². The van der Waals surface area contributed by atoms with Crippen molar-refractivity contribution >= 4 is 11.6 Å². The Bertz CT molecular complexity index is 340. The fraction of sp³-hybridized carbons (Fsp3) is 0.667. The van der Waals surface area contributed by atoms with E-state index in [0.29, 0.717) is 5.82 Å². The molecule has 0 saturated carbocycles. The van der Waals surface area contributed by atoms with Gasteiger partial charge in [0.25, 0.3) is 0 Å². The van der Waals surface area contributed by atoms with Crippen LogP contribution in [0.25, 0.3) is 0 Å². The van der Waals surface area contributed by atoms with Gasteiger partial charge in [-0.25, -0.2) is 9.97 Å². The molecule has 1 aliphatic rings. The Hall–Kier alpha value is -1.32. The molecule has 4 nitrogen and oxygen atoms in total. The second-order valence-corrected chi connectivity index (χ2v) is 4.49. The van der Waals surface area contributed by atoms with Crippen molar-refractivity contribution in [1.82, 2.24) is 9.97 Å². The van der Waals surface area contributed by atoms with Gasteiger partial charge >= 0.3 is 0 Å². The third-order valence-corrected chi connectivity index (χ3v) is 3.42. The smallest absolute Gasteiger partial charge is 0.134 e. The highest BCUT2D eigenvalue weighted by Crippen LogP contribution is 2.23. The summed E-state index contributed by atoms with van der Waals surface area (Å²) in [6, 6.07) is 1.87. The summed E-state index contributed by atoms with van der Waals surface area (Å²) in [5, 5.41) is 0. The fourth-order valence-electron chi connectivity index (χ4n) is 2.34. The molecule has 0 radical (unpaired) electrons. The molecule has 1 aromatic rings. The molecular weight excluding hydrogens is 200 g/mol. The largest absolute Gasteiger partial charge is 0.384 e. The Morgan fingerprint density at radius 1 is 1.38 bits per heavy atom. The molecule has 4 heteroatoms. The molecule has 2 heterocycles. The average molecular weight is 220 g/mol. The van der Waals surface area contributed by atoms with Crippen molar-refractivity contribution in [1.29, 1.82) is 0 Å². The summed E-state index contributed by atoms with van der Waals surface area (Å²) in [4.78, 5) is 10.5. The lowest BCUT2D eigenvalue weighted by Gasteiger charge is -2.21. The molecule has 2 N–H and O–H groups in total. The van der Waals surface area contributed by atoms with E-state index >= 15 is 0 Å². The summed E-state index contributed by atoms with van der Waals surface area (Å²) in [5.74, 6) is 2.41. The van der Waals surface area contributed by atoms with Gasteiger partial charge in [0.1, 0.15) is 18.0 Å². The van der Waals surface area contributed by atoms with Crippen LogP contribution in [-0.2, 0) is 0 Å². The molecule has 0 aromatic carbocycles. The third-order valence-electron chi connectivity index (χ3n) is 3.42. The number of nitrogens with two attached hydrogens (primary N) is 1. The second-order valence-electron chi connectivity index (χ2n) is 4.49. The van der Waals surface area contributed by atoms with Gasteiger partial charge in [-0.05, 0) is 25.2 Å². The van der Waals surface area contributed by atoms with Gasteiger partial charge in [0, 0.05) is 19.2 Å². The van der Waals surface area contributed by atoms with E-state index in [1.165, 1.54) is 25.7 Å². The van der Waals surface area contributed by atoms with Crippen LogP contribution in [-0.4, -0.2) is 23.1 Å². The summed E-state index contributed by atoms with van der Waals surface area (Å²) >= 11 is 0. The van der Waals surface area contributed by atoms with Crippen LogP contribution in [0.5, 0.6) is 0 Å². The predicted octanol–water partition coefficient (Wildman–Crippen LogP) is 2.08. The van der Waals surface area contributed by atoms with E-state index in [-0.39, 0.29) is 0 Å². The summed E-state index contributed by atoms with van der Waals surface area (Å²) in [5.41, 5.74) is 5.68. The number of nitrogen functional groups attached to an aromatic ring is 1. The minimum atomic E-state index is 0.557. The highest BCUT2D eigenvalue weighted by molar-refractivity contribution is 5.45. The van der Waals surface area contributed by atoms with Crippen LogP contribution in [0.15, 0.2) is 12.4 Å². The first-order chi connectivity index (χ1) is 7.79. The molecule has 1 fully saturated rings. The zero-order valence-corrected chi connectivity index (χ0v) is 9.89. The number of hydrogen-bond donors (Lipinski definition) is 1. The van der Waals surface area contributed by atoms with E-state index in [0.717, 1.165) is 24.8 Å². The van der Waals surface area contributed by atoms with Crippen molar-refractivity contribution in [2.45, 2.75) is 32.6 Å². The topological polar surface area (TPSA) is 55.0 Å². The molecule has 1 unspecified atom stereocenters. The van der Waals surface area contributed by atoms with Gasteiger partial charge in [-0.15, -0.1) is 0 Å². The number of aromatic nitrogens is 2. The normalized spacial score (nSPS) is 21.8. The van der Waals surface area contributed by atoms with Gasteiger partial charge in [0.05, 0.1) is 0 Å². The van der Waals surface area contributed by atoms with Crippen molar-refractivity contribution in [2.24, 2.45) is 5.92 Å². The maximum Gasteiger partial charge on any atom is 0.134 e. The quantitative estimate of drug-likeness (QED) is 0.829. The zero-order chi connectivity index (χ0) is 11.4. The van der Waals surface area contributed by atoms with Gasteiger partial charge in [0.15, 0.2) is 0 Å². The Kier molecular flexibility index (Phi) is 3.59. The summed E-state index contributed by atoms with van der Waals surface area (Å²) in [6.07, 6.45) is 6.70. The maximum absolute atomic E-state index is 5.68. The molecule has 1 saturated heterocycles. The SMILES string of the molecule is CCC1CCCN(c2cc(N)ncn2)CC1. The number of hydrogen-bond acceptors (Lipinski definition) is 4. The van der Waals surface area contributed by atoms with Crippen molar-refractivity contribution < 1.29 is 0 Å². The zero-order valence-electron chi connectivity index (χ0n) is 9.89. The van der Waals surface area contributed by atoms with Gasteiger partial charge in [-0.1, -0.05) is 13.3 Å². The highest BCUT2D eigenvalue weighted by atomic mass is 15.2. The minimum Gasteiger partial charge on any atom is -0.384 e. The maximum atomic E-state index is 5.68. The Balaban J connectivity index is 2.04. The highest BCUT2D eigenvalue weighted by Gasteiger charge is 2.16. The predicted molar refractivity (Wildman–Crippen MR) is 66.3 cm³/mol. The van der Waals surface area contributed by atoms with E-state index in [1.54, 1.807) is 6.33 Å². The van der Waals surface area contributed by atoms with Gasteiger partial charge in [0.2, 0.25) is 0 Å². The van der Waals surface area contributed by atoms with Crippen molar-refractivity contribution in [3.63, 3.8) is 0 Å². The van der Waals surface area contributed by atoms with E-state index in [1.807, 2.05) is 6.07 Å². The molecule has 0 aliphatic carbocycles. The molecule has 88 valence electrons. The standard InChI is InChI=1S/C12H20N4/c1-2-10-4-3-6-16(7-5-10)12-8-11(13)14-9-15-12/h8-10H,2-7H2,1H3,(H2,13,14,15). The van der Waals surface area contributed by atoms with Crippen LogP contribution in [0.3, 0.4) is 0 Å². The molecule has 1 aliphatic heterocycles. The third kappa shape index (κ3) is 2.62. The molecule has 16 heavy (non-hydrogen) atoms. The van der Waals surface area contributed by atoms with Crippen LogP contribution in [0.1, 0.15) is 32.6 Å². The van der Waals surface area contributed by atoms with E-state index < -0.39 is 0 Å². The lowest BCUT2D eigenvalue weighted by molar-refractivity contribution is 0.459. The van der Waals surface area contributed by atoms with Crippen LogP contribution in [0.2, 0.25) is 0 Å². The van der Waals surface area contributed by atoms with E-state index in [9.17, 15) is 0 Å². The van der Waals surface area contributed by atoms with Gasteiger partial charge in [-0.2, -0.15) is 0 Å². The van der Waals surface area contributed by atoms with Crippen LogP contribution < -0.4 is 10.6 Å². The van der Waals surface area contributed by atoms with Crippen molar-refractivity contribution in [3.8, 4) is 0 Å². The van der Waals surface area contributed by atoms with Crippen molar-refractivity contribution in [3.05, 3.63) is 12.4 Å². The monoisotopic (exact) mass is 220 g/mol. The molecule has 2 rings (SSSR count). The van der Waals surface area contributed by atoms with Crippen LogP contribution in [0.4, 0.5) is 11.6 Å². The lowest BCUT2D eigenvalue weighted by atomic mass is 9.98. The van der Waals surface area contributed by atoms with E-state index in [2.05, 4.69) is 21.8 Å². The first-order valence-corrected chi connectivity index (χ1v) is 6.12. The Labute approximate surface area is 96.9 Å². The van der Waals surface area contributed by atoms with Crippen molar-refractivity contribution in [2.75, 3.05) is 23.7 Å². The summed E-state index contributed by atoms with van der Waals surface area (Å²) in [7, 11) is 0. The Morgan fingerprint density at radius 2 is 2.25 bits per heavy atom. The lowest BCUT2D eigenvalue weighted by Crippen LogP contribution is -2.25. The minimum absolute atomic E-state index is 0.557. The van der Waals surface area contributed by atoms with Gasteiger partial charge in [-0.3, -0.25) is 0 Å². The molecule has 0 bridgehead atoms. The molecular formula is C12H20N4. The average Bonchev–Trinajstić information content (AvgIpc) is 2.54. The number of anilines is 2. The first-order valence-electron chi connectivity index (χ1n) is 6.12. The molecule has 0 spiro atoms. The Morgan fingerprint density at radius 3 is 3.00 bits per heavy atom. The first kappa shape index (κ1) is 11.2. The summed E-state index contributed by atoms with van der Waals surface area (Å²) in [6.45, 7) is 4.46. The van der Waals surface area contributed by atoms with Crippen LogP contribution in [0, 0.1) is 5.92 Å². The fourth-order valence-corrected chi connectivity index (χ4v) is 2.34. The number of rotatable bonds is 2. The van der Waals surface area contributed by atoms with Crippen LogP contribution >= 0.6 is 0 Å². The molecule has 1 aromatic heterocycles. The number of nitrogens with zero attached hydrogens (tertiary/aromatic N) is 3. The molecule has 1 atom stereocenters. The summed E-state index contributed by atoms with van der Waals surface area (Å²) < 4.78 is 0.